The number of carbonyl (C=O) groups excluding carboxylic acids is 3. The number of para-hydroxylation sites is 1. The van der Waals surface area contributed by atoms with Crippen LogP contribution in [0.3, 0.4) is 0 Å². The molecule has 3 amide bonds. The summed E-state index contributed by atoms with van der Waals surface area (Å²) in [6.07, 6.45) is 9.41. The lowest BCUT2D eigenvalue weighted by Crippen LogP contribution is -2.56. The number of nitrogens with zero attached hydrogens (tertiary/aromatic N) is 3. The molecule has 9 heteroatoms. The van der Waals surface area contributed by atoms with E-state index in [0.717, 1.165) is 6.42 Å². The zero-order valence-electron chi connectivity index (χ0n) is 20.6. The highest BCUT2D eigenvalue weighted by Gasteiger charge is 2.74. The zero-order valence-corrected chi connectivity index (χ0v) is 21.4. The first kappa shape index (κ1) is 25.0. The summed E-state index contributed by atoms with van der Waals surface area (Å²) in [5.41, 5.74) is -1.73. The maximum Gasteiger partial charge on any atom is 0.253 e. The molecule has 192 valence electrons. The Labute approximate surface area is 216 Å². The molecule has 4 heterocycles. The highest BCUT2D eigenvalue weighted by molar-refractivity contribution is 6.34. The first-order valence-electron chi connectivity index (χ1n) is 12.5. The summed E-state index contributed by atoms with van der Waals surface area (Å²) in [6.45, 7) is 2.95. The van der Waals surface area contributed by atoms with Crippen molar-refractivity contribution in [2.45, 2.75) is 43.4 Å². The van der Waals surface area contributed by atoms with E-state index < -0.39 is 29.1 Å². The maximum atomic E-state index is 14.3. The number of hydrogen-bond acceptors (Lipinski definition) is 5. The number of likely N-dealkylation sites (N-methyl/N-ethyl adjacent to an activating group) is 1. The highest BCUT2D eigenvalue weighted by atomic mass is 35.5. The average molecular weight is 514 g/mol. The lowest BCUT2D eigenvalue weighted by molar-refractivity contribution is -0.148. The quantitative estimate of drug-likeness (QED) is 0.466. The van der Waals surface area contributed by atoms with Gasteiger partial charge in [-0.3, -0.25) is 14.4 Å². The molecule has 1 aromatic carbocycles. The second-order valence-corrected chi connectivity index (χ2v) is 10.6. The molecule has 8 nitrogen and oxygen atoms in total. The maximum absolute atomic E-state index is 14.3. The lowest BCUT2D eigenvalue weighted by Gasteiger charge is -2.37. The van der Waals surface area contributed by atoms with Gasteiger partial charge in [0.1, 0.15) is 11.6 Å². The summed E-state index contributed by atoms with van der Waals surface area (Å²) in [4.78, 5) is 46.8. The normalized spacial score (nSPS) is 33.5. The van der Waals surface area contributed by atoms with Crippen molar-refractivity contribution >= 4 is 35.0 Å². The summed E-state index contributed by atoms with van der Waals surface area (Å²) < 4.78 is 6.76. The molecule has 1 unspecified atom stereocenters. The third kappa shape index (κ3) is 3.69. The van der Waals surface area contributed by atoms with Gasteiger partial charge < -0.3 is 24.5 Å². The van der Waals surface area contributed by atoms with Crippen molar-refractivity contribution in [3.05, 3.63) is 53.6 Å². The molecule has 4 aliphatic heterocycles. The molecular formula is C27H32ClN3O5. The van der Waals surface area contributed by atoms with Crippen LogP contribution in [0.2, 0.25) is 5.02 Å². The van der Waals surface area contributed by atoms with Crippen LogP contribution in [0.25, 0.3) is 0 Å². The molecule has 0 aromatic heterocycles. The average Bonchev–Trinajstić information content (AvgIpc) is 3.12. The van der Waals surface area contributed by atoms with Crippen molar-refractivity contribution in [1.82, 2.24) is 9.80 Å². The smallest absolute Gasteiger partial charge is 0.253 e. The predicted molar refractivity (Wildman–Crippen MR) is 135 cm³/mol. The topological polar surface area (TPSA) is 90.4 Å². The number of carbonyl (C=O) groups is 3. The molecule has 1 aromatic rings. The van der Waals surface area contributed by atoms with E-state index in [4.69, 9.17) is 16.3 Å². The number of benzene rings is 1. The Morgan fingerprint density at radius 2 is 1.75 bits per heavy atom. The number of halogens is 1. The molecular weight excluding hydrogens is 482 g/mol. The first-order chi connectivity index (χ1) is 17.2. The largest absolute Gasteiger partial charge is 0.396 e. The Kier molecular flexibility index (Phi) is 6.47. The van der Waals surface area contributed by atoms with Crippen molar-refractivity contribution in [3.63, 3.8) is 0 Å². The van der Waals surface area contributed by atoms with Gasteiger partial charge in [-0.05, 0) is 38.3 Å². The minimum atomic E-state index is -1.28. The van der Waals surface area contributed by atoms with Crippen molar-refractivity contribution in [3.8, 4) is 0 Å². The summed E-state index contributed by atoms with van der Waals surface area (Å²) >= 11 is 6.47. The first-order valence-corrected chi connectivity index (χ1v) is 12.9. The summed E-state index contributed by atoms with van der Waals surface area (Å²) in [5, 5.41) is 9.64. The van der Waals surface area contributed by atoms with Crippen LogP contribution < -0.4 is 4.90 Å². The number of rotatable bonds is 6. The minimum Gasteiger partial charge on any atom is -0.396 e. The van der Waals surface area contributed by atoms with E-state index in [1.165, 1.54) is 0 Å². The molecule has 0 bridgehead atoms. The highest BCUT2D eigenvalue weighted by Crippen LogP contribution is 2.57. The molecule has 1 spiro atoms. The molecule has 2 fully saturated rings. The van der Waals surface area contributed by atoms with Crippen molar-refractivity contribution in [2.75, 3.05) is 38.2 Å². The molecule has 5 atom stereocenters. The van der Waals surface area contributed by atoms with Gasteiger partial charge in [0.15, 0.2) is 0 Å². The molecule has 2 saturated heterocycles. The van der Waals surface area contributed by atoms with Crippen LogP contribution in [0.15, 0.2) is 48.6 Å². The van der Waals surface area contributed by atoms with Gasteiger partial charge >= 0.3 is 0 Å². The van der Waals surface area contributed by atoms with Crippen LogP contribution in [-0.4, -0.2) is 83.2 Å². The Bertz CT molecular complexity index is 1140. The molecule has 36 heavy (non-hydrogen) atoms. The fraction of sp³-hybridized carbons (Fsp3) is 0.519. The fourth-order valence-electron chi connectivity index (χ4n) is 6.34. The van der Waals surface area contributed by atoms with Crippen molar-refractivity contribution in [2.24, 2.45) is 11.8 Å². The van der Waals surface area contributed by atoms with Crippen molar-refractivity contribution < 1.29 is 24.2 Å². The molecule has 0 radical (unpaired) electrons. The van der Waals surface area contributed by atoms with Crippen LogP contribution in [-0.2, 0) is 19.1 Å². The number of ether oxygens (including phenoxy) is 1. The standard InChI is InChI=1S/C27H32ClN3O5/c1-26-12-8-14-29(2)23(33)20(26)21-24(34)31(15-6-3-7-17-32)22-25(35)30(16-9-13-27(21,22)36-26)19-11-5-4-10-18(19)28/h4-5,8-13,20-22,32H,3,6-7,14-17H2,1-2H3/t20-,21+,22?,26+,27+/m1/s1. The summed E-state index contributed by atoms with van der Waals surface area (Å²) in [6, 6.07) is 6.20. The number of anilines is 1. The van der Waals surface area contributed by atoms with E-state index in [1.54, 1.807) is 39.9 Å². The Morgan fingerprint density at radius 3 is 2.50 bits per heavy atom. The van der Waals surface area contributed by atoms with Gasteiger partial charge in [-0.25, -0.2) is 0 Å². The number of hydrogen-bond donors (Lipinski definition) is 1. The van der Waals surface area contributed by atoms with Crippen LogP contribution >= 0.6 is 11.6 Å². The minimum absolute atomic E-state index is 0.0720. The van der Waals surface area contributed by atoms with Crippen LogP contribution in [0.4, 0.5) is 5.69 Å². The van der Waals surface area contributed by atoms with Gasteiger partial charge in [0, 0.05) is 33.3 Å². The van der Waals surface area contributed by atoms with E-state index in [1.807, 2.05) is 37.3 Å². The third-order valence-corrected chi connectivity index (χ3v) is 8.28. The Balaban J connectivity index is 1.61. The fourth-order valence-corrected chi connectivity index (χ4v) is 6.58. The zero-order chi connectivity index (χ0) is 25.7. The number of aliphatic hydroxyl groups excluding tert-OH is 1. The molecule has 5 rings (SSSR count). The number of amides is 3. The van der Waals surface area contributed by atoms with Gasteiger partial charge in [-0.2, -0.15) is 0 Å². The number of aliphatic hydroxyl groups is 1. The SMILES string of the molecule is CN1CC=C[C@]2(C)O[C@]34C=CCN(c5ccccc5Cl)C(=O)C3N(CCCCCO)C(=O)[C@@H]4[C@@H]2C1=O. The number of fused-ring (bicyclic) bond motifs is 2. The van der Waals surface area contributed by atoms with E-state index in [9.17, 15) is 19.5 Å². The predicted octanol–water partition coefficient (Wildman–Crippen LogP) is 2.40. The lowest BCUT2D eigenvalue weighted by atomic mass is 9.74. The van der Waals surface area contributed by atoms with Gasteiger partial charge in [0.2, 0.25) is 11.8 Å². The van der Waals surface area contributed by atoms with E-state index in [-0.39, 0.29) is 30.9 Å². The molecule has 0 aliphatic carbocycles. The Hall–Kier alpha value is -2.68. The Morgan fingerprint density at radius 1 is 1.00 bits per heavy atom. The van der Waals surface area contributed by atoms with Crippen molar-refractivity contribution in [1.29, 1.82) is 0 Å². The second kappa shape index (κ2) is 9.32. The van der Waals surface area contributed by atoms with Gasteiger partial charge in [0.05, 0.1) is 28.1 Å². The van der Waals surface area contributed by atoms with E-state index in [0.29, 0.717) is 36.6 Å². The summed E-state index contributed by atoms with van der Waals surface area (Å²) in [7, 11) is 1.72. The van der Waals surface area contributed by atoms with E-state index >= 15 is 0 Å². The number of likely N-dealkylation sites (tertiary alicyclic amines) is 1. The van der Waals surface area contributed by atoms with Gasteiger partial charge in [-0.1, -0.05) is 48.0 Å². The van der Waals surface area contributed by atoms with E-state index in [2.05, 4.69) is 0 Å². The van der Waals surface area contributed by atoms with Crippen LogP contribution in [0.5, 0.6) is 0 Å². The van der Waals surface area contributed by atoms with Crippen LogP contribution in [0, 0.1) is 11.8 Å². The van der Waals surface area contributed by atoms with Gasteiger partial charge in [0.25, 0.3) is 5.91 Å². The number of unbranched alkanes of at least 4 members (excludes halogenated alkanes) is 2. The van der Waals surface area contributed by atoms with Crippen LogP contribution in [0.1, 0.15) is 26.2 Å². The monoisotopic (exact) mass is 513 g/mol. The molecule has 1 N–H and O–H groups in total. The summed E-state index contributed by atoms with van der Waals surface area (Å²) in [5.74, 6) is -2.26. The second-order valence-electron chi connectivity index (χ2n) is 10.2. The molecule has 4 aliphatic rings. The molecule has 0 saturated carbocycles. The third-order valence-electron chi connectivity index (χ3n) is 7.96. The van der Waals surface area contributed by atoms with Gasteiger partial charge in [-0.15, -0.1) is 0 Å².